The van der Waals surface area contributed by atoms with Crippen LogP contribution in [0.1, 0.15) is 26.3 Å². The third-order valence-corrected chi connectivity index (χ3v) is 3.93. The van der Waals surface area contributed by atoms with Gasteiger partial charge in [-0.1, -0.05) is 44.5 Å². The highest BCUT2D eigenvalue weighted by Gasteiger charge is 2.12. The SMILES string of the molecule is CC(C)(C)c1ccc(Nc2cnnc(Nc3ccc(Cl)cc3)n2)cc1. The zero-order valence-corrected chi connectivity index (χ0v) is 15.2. The number of anilines is 4. The Morgan fingerprint density at radius 3 is 2.08 bits per heavy atom. The van der Waals surface area contributed by atoms with Gasteiger partial charge in [0, 0.05) is 16.4 Å². The van der Waals surface area contributed by atoms with E-state index in [0.29, 0.717) is 16.8 Å². The summed E-state index contributed by atoms with van der Waals surface area (Å²) in [6, 6.07) is 15.6. The molecule has 0 saturated carbocycles. The monoisotopic (exact) mass is 353 g/mol. The van der Waals surface area contributed by atoms with Gasteiger partial charge in [0.1, 0.15) is 0 Å². The Hall–Kier alpha value is -2.66. The third kappa shape index (κ3) is 4.67. The summed E-state index contributed by atoms with van der Waals surface area (Å²) < 4.78 is 0. The van der Waals surface area contributed by atoms with Crippen molar-refractivity contribution in [1.29, 1.82) is 0 Å². The van der Waals surface area contributed by atoms with E-state index in [1.807, 2.05) is 24.3 Å². The molecule has 0 radical (unpaired) electrons. The van der Waals surface area contributed by atoms with Gasteiger partial charge in [-0.25, -0.2) is 0 Å². The van der Waals surface area contributed by atoms with Crippen molar-refractivity contribution >= 4 is 34.7 Å². The fourth-order valence-corrected chi connectivity index (χ4v) is 2.41. The van der Waals surface area contributed by atoms with E-state index < -0.39 is 0 Å². The normalized spacial score (nSPS) is 11.2. The second-order valence-electron chi connectivity index (χ2n) is 6.75. The average Bonchev–Trinajstić information content (AvgIpc) is 2.57. The van der Waals surface area contributed by atoms with E-state index in [1.165, 1.54) is 5.56 Å². The lowest BCUT2D eigenvalue weighted by molar-refractivity contribution is 0.590. The Kier molecular flexibility index (Phi) is 4.86. The van der Waals surface area contributed by atoms with Gasteiger partial charge >= 0.3 is 0 Å². The molecule has 0 fully saturated rings. The van der Waals surface area contributed by atoms with Gasteiger partial charge in [-0.3, -0.25) is 0 Å². The molecule has 0 bridgehead atoms. The highest BCUT2D eigenvalue weighted by molar-refractivity contribution is 6.30. The summed E-state index contributed by atoms with van der Waals surface area (Å²) in [4.78, 5) is 4.43. The summed E-state index contributed by atoms with van der Waals surface area (Å²) in [6.07, 6.45) is 1.59. The van der Waals surface area contributed by atoms with Crippen molar-refractivity contribution in [3.05, 3.63) is 65.3 Å². The molecular formula is C19H20ClN5. The predicted octanol–water partition coefficient (Wildman–Crippen LogP) is 5.31. The minimum Gasteiger partial charge on any atom is -0.339 e. The second-order valence-corrected chi connectivity index (χ2v) is 7.19. The second kappa shape index (κ2) is 7.07. The van der Waals surface area contributed by atoms with Crippen LogP contribution in [0.15, 0.2) is 54.7 Å². The van der Waals surface area contributed by atoms with E-state index in [0.717, 1.165) is 11.4 Å². The molecule has 0 aliphatic rings. The van der Waals surface area contributed by atoms with Crippen LogP contribution in [0.3, 0.4) is 0 Å². The lowest BCUT2D eigenvalue weighted by Gasteiger charge is -2.19. The molecular weight excluding hydrogens is 334 g/mol. The van der Waals surface area contributed by atoms with Crippen molar-refractivity contribution in [2.45, 2.75) is 26.2 Å². The van der Waals surface area contributed by atoms with E-state index >= 15 is 0 Å². The highest BCUT2D eigenvalue weighted by Crippen LogP contribution is 2.24. The summed E-state index contributed by atoms with van der Waals surface area (Å²) in [7, 11) is 0. The molecule has 5 nitrogen and oxygen atoms in total. The summed E-state index contributed by atoms with van der Waals surface area (Å²) >= 11 is 5.89. The largest absolute Gasteiger partial charge is 0.339 e. The Labute approximate surface area is 152 Å². The van der Waals surface area contributed by atoms with Crippen molar-refractivity contribution in [3.63, 3.8) is 0 Å². The van der Waals surface area contributed by atoms with Gasteiger partial charge in [0.2, 0.25) is 5.95 Å². The first-order chi connectivity index (χ1) is 11.9. The molecule has 1 heterocycles. The number of nitrogens with zero attached hydrogens (tertiary/aromatic N) is 3. The van der Waals surface area contributed by atoms with E-state index in [1.54, 1.807) is 18.3 Å². The number of benzene rings is 2. The third-order valence-electron chi connectivity index (χ3n) is 3.68. The molecule has 0 amide bonds. The molecule has 0 saturated heterocycles. The van der Waals surface area contributed by atoms with Crippen LogP contribution in [-0.2, 0) is 5.41 Å². The molecule has 25 heavy (non-hydrogen) atoms. The Morgan fingerprint density at radius 1 is 0.840 bits per heavy atom. The Balaban J connectivity index is 1.72. The topological polar surface area (TPSA) is 62.7 Å². The molecule has 0 atom stereocenters. The molecule has 0 aliphatic heterocycles. The standard InChI is InChI=1S/C19H20ClN5/c1-19(2,3)13-4-8-15(9-5-13)22-17-12-21-25-18(24-17)23-16-10-6-14(20)7-11-16/h4-12H,1-3H3,(H2,22,23,24,25). The number of nitrogens with one attached hydrogen (secondary N) is 2. The number of halogens is 1. The molecule has 3 aromatic rings. The van der Waals surface area contributed by atoms with Crippen LogP contribution in [0.5, 0.6) is 0 Å². The fourth-order valence-electron chi connectivity index (χ4n) is 2.28. The molecule has 1 aromatic heterocycles. The van der Waals surface area contributed by atoms with Gasteiger partial charge in [0.05, 0.1) is 6.20 Å². The number of hydrogen-bond acceptors (Lipinski definition) is 5. The van der Waals surface area contributed by atoms with Crippen LogP contribution in [-0.4, -0.2) is 15.2 Å². The maximum atomic E-state index is 5.89. The summed E-state index contributed by atoms with van der Waals surface area (Å²) in [5, 5.41) is 15.0. The van der Waals surface area contributed by atoms with Crippen LogP contribution in [0.25, 0.3) is 0 Å². The molecule has 128 valence electrons. The van der Waals surface area contributed by atoms with Gasteiger partial charge in [0.25, 0.3) is 0 Å². The molecule has 0 aliphatic carbocycles. The van der Waals surface area contributed by atoms with Gasteiger partial charge in [-0.15, -0.1) is 5.10 Å². The fraction of sp³-hybridized carbons (Fsp3) is 0.211. The van der Waals surface area contributed by atoms with Crippen LogP contribution in [0.2, 0.25) is 5.02 Å². The van der Waals surface area contributed by atoms with Gasteiger partial charge < -0.3 is 10.6 Å². The van der Waals surface area contributed by atoms with Crippen molar-refractivity contribution < 1.29 is 0 Å². The van der Waals surface area contributed by atoms with Crippen molar-refractivity contribution in [3.8, 4) is 0 Å². The van der Waals surface area contributed by atoms with Crippen molar-refractivity contribution in [2.75, 3.05) is 10.6 Å². The summed E-state index contributed by atoms with van der Waals surface area (Å²) in [6.45, 7) is 6.58. The number of aromatic nitrogens is 3. The smallest absolute Gasteiger partial charge is 0.249 e. The first-order valence-corrected chi connectivity index (χ1v) is 8.38. The van der Waals surface area contributed by atoms with E-state index in [-0.39, 0.29) is 5.41 Å². The van der Waals surface area contributed by atoms with Gasteiger partial charge in [0.15, 0.2) is 5.82 Å². The minimum absolute atomic E-state index is 0.130. The molecule has 3 rings (SSSR count). The summed E-state index contributed by atoms with van der Waals surface area (Å²) in [5.41, 5.74) is 3.21. The van der Waals surface area contributed by atoms with Crippen LogP contribution < -0.4 is 10.6 Å². The van der Waals surface area contributed by atoms with Crippen LogP contribution in [0.4, 0.5) is 23.1 Å². The highest BCUT2D eigenvalue weighted by atomic mass is 35.5. The lowest BCUT2D eigenvalue weighted by atomic mass is 9.87. The summed E-state index contributed by atoms with van der Waals surface area (Å²) in [5.74, 6) is 1.04. The lowest BCUT2D eigenvalue weighted by Crippen LogP contribution is -2.10. The van der Waals surface area contributed by atoms with E-state index in [9.17, 15) is 0 Å². The van der Waals surface area contributed by atoms with Crippen LogP contribution >= 0.6 is 11.6 Å². The van der Waals surface area contributed by atoms with Crippen LogP contribution in [0, 0.1) is 0 Å². The van der Waals surface area contributed by atoms with E-state index in [2.05, 4.69) is 58.7 Å². The molecule has 0 spiro atoms. The van der Waals surface area contributed by atoms with Crippen molar-refractivity contribution in [1.82, 2.24) is 15.2 Å². The molecule has 2 N–H and O–H groups in total. The van der Waals surface area contributed by atoms with Gasteiger partial charge in [-0.2, -0.15) is 10.1 Å². The maximum Gasteiger partial charge on any atom is 0.249 e. The minimum atomic E-state index is 0.130. The zero-order chi connectivity index (χ0) is 17.9. The quantitative estimate of drug-likeness (QED) is 0.665. The van der Waals surface area contributed by atoms with Crippen molar-refractivity contribution in [2.24, 2.45) is 0 Å². The molecule has 0 unspecified atom stereocenters. The number of hydrogen-bond donors (Lipinski definition) is 2. The zero-order valence-electron chi connectivity index (χ0n) is 14.4. The Bertz CT molecular complexity index is 839. The predicted molar refractivity (Wildman–Crippen MR) is 103 cm³/mol. The number of rotatable bonds is 4. The first kappa shape index (κ1) is 17.2. The first-order valence-electron chi connectivity index (χ1n) is 8.00. The average molecular weight is 354 g/mol. The van der Waals surface area contributed by atoms with E-state index in [4.69, 9.17) is 11.6 Å². The molecule has 2 aromatic carbocycles. The Morgan fingerprint density at radius 2 is 1.44 bits per heavy atom. The van der Waals surface area contributed by atoms with Gasteiger partial charge in [-0.05, 0) is 47.4 Å². The maximum absolute atomic E-state index is 5.89. The molecule has 6 heteroatoms.